The van der Waals surface area contributed by atoms with Crippen LogP contribution in [0.25, 0.3) is 0 Å². The van der Waals surface area contributed by atoms with Gasteiger partial charge in [-0.3, -0.25) is 24.2 Å². The number of hydrogen-bond acceptors (Lipinski definition) is 7. The van der Waals surface area contributed by atoms with E-state index in [9.17, 15) is 19.2 Å². The van der Waals surface area contributed by atoms with Crippen LogP contribution in [0.3, 0.4) is 0 Å². The molecule has 13 heteroatoms. The number of carboxylic acids is 1. The molecule has 4 unspecified atom stereocenters. The topological polar surface area (TPSA) is 215 Å². The van der Waals surface area contributed by atoms with Gasteiger partial charge in [0, 0.05) is 18.7 Å². The molecular weight excluding hydrogens is 462 g/mol. The van der Waals surface area contributed by atoms with Crippen LogP contribution in [-0.4, -0.2) is 71.2 Å². The number of rotatable bonds is 14. The average molecular weight is 496 g/mol. The molecule has 0 aliphatic carbocycles. The largest absolute Gasteiger partial charge is 0.480 e. The number of guanidine groups is 1. The standard InChI is InChI=1S/C21H33N7O5S/c1-12(20(32)33)26-18(30)15(8-5-9-25-21(23)24)27-19(31)16(28-17(29)14(22)11-34)10-13-6-3-2-4-7-13/h2-4,6-7,12,14-16,34H,5,8-11,22H2,1H3,(H,26,30)(H,27,31)(H,28,29)(H,32,33)(H4,23,24,25). The summed E-state index contributed by atoms with van der Waals surface area (Å²) in [5.74, 6) is -3.16. The van der Waals surface area contributed by atoms with Gasteiger partial charge in [0.15, 0.2) is 5.96 Å². The van der Waals surface area contributed by atoms with Crippen molar-refractivity contribution < 1.29 is 24.3 Å². The van der Waals surface area contributed by atoms with Crippen molar-refractivity contribution in [1.29, 1.82) is 0 Å². The molecule has 0 heterocycles. The maximum atomic E-state index is 13.1. The summed E-state index contributed by atoms with van der Waals surface area (Å²) in [6.45, 7) is 1.51. The fourth-order valence-electron chi connectivity index (χ4n) is 2.84. The van der Waals surface area contributed by atoms with Crippen LogP contribution in [0.15, 0.2) is 35.3 Å². The first-order valence-electron chi connectivity index (χ1n) is 10.6. The fourth-order valence-corrected chi connectivity index (χ4v) is 3.01. The minimum Gasteiger partial charge on any atom is -0.480 e. The number of nitrogens with one attached hydrogen (secondary N) is 3. The molecule has 188 valence electrons. The van der Waals surface area contributed by atoms with Gasteiger partial charge in [-0.25, -0.2) is 0 Å². The lowest BCUT2D eigenvalue weighted by Gasteiger charge is -2.24. The number of nitrogens with zero attached hydrogens (tertiary/aromatic N) is 1. The smallest absolute Gasteiger partial charge is 0.325 e. The second-order valence-electron chi connectivity index (χ2n) is 7.62. The third kappa shape index (κ3) is 10.5. The molecule has 1 aromatic carbocycles. The highest BCUT2D eigenvalue weighted by Crippen LogP contribution is 2.06. The molecule has 0 spiro atoms. The lowest BCUT2D eigenvalue weighted by Crippen LogP contribution is -2.57. The van der Waals surface area contributed by atoms with E-state index in [1.165, 1.54) is 6.92 Å². The Morgan fingerprint density at radius 3 is 2.15 bits per heavy atom. The summed E-state index contributed by atoms with van der Waals surface area (Å²) in [5, 5.41) is 16.6. The number of aliphatic carboxylic acids is 1. The van der Waals surface area contributed by atoms with Crippen LogP contribution in [0.2, 0.25) is 0 Å². The first-order chi connectivity index (χ1) is 16.0. The number of carbonyl (C=O) groups excluding carboxylic acids is 3. The van der Waals surface area contributed by atoms with Crippen molar-refractivity contribution in [2.24, 2.45) is 22.2 Å². The van der Waals surface area contributed by atoms with Crippen molar-refractivity contribution in [3.05, 3.63) is 35.9 Å². The van der Waals surface area contributed by atoms with Crippen LogP contribution in [0, 0.1) is 0 Å². The van der Waals surface area contributed by atoms with Gasteiger partial charge in [0.25, 0.3) is 0 Å². The molecule has 34 heavy (non-hydrogen) atoms. The highest BCUT2D eigenvalue weighted by molar-refractivity contribution is 7.80. The highest BCUT2D eigenvalue weighted by Gasteiger charge is 2.29. The maximum Gasteiger partial charge on any atom is 0.325 e. The van der Waals surface area contributed by atoms with Crippen molar-refractivity contribution in [3.63, 3.8) is 0 Å². The fraction of sp³-hybridized carbons (Fsp3) is 0.476. The average Bonchev–Trinajstić information content (AvgIpc) is 2.80. The molecule has 0 aliphatic heterocycles. The van der Waals surface area contributed by atoms with E-state index < -0.39 is 47.9 Å². The SMILES string of the molecule is CC(NC(=O)C(CCCN=C(N)N)NC(=O)C(Cc1ccccc1)NC(=O)C(N)CS)C(=O)O. The predicted octanol–water partition coefficient (Wildman–Crippen LogP) is -1.90. The third-order valence-electron chi connectivity index (χ3n) is 4.76. The second kappa shape index (κ2) is 14.8. The van der Waals surface area contributed by atoms with E-state index in [2.05, 4.69) is 33.6 Å². The molecule has 1 rings (SSSR count). The number of carbonyl (C=O) groups is 4. The number of hydrogen-bond donors (Lipinski definition) is 8. The van der Waals surface area contributed by atoms with Crippen LogP contribution in [0.4, 0.5) is 0 Å². The number of thiol groups is 1. The lowest BCUT2D eigenvalue weighted by atomic mass is 10.0. The van der Waals surface area contributed by atoms with Gasteiger partial charge in [-0.15, -0.1) is 0 Å². The predicted molar refractivity (Wildman–Crippen MR) is 131 cm³/mol. The van der Waals surface area contributed by atoms with E-state index in [1.807, 2.05) is 6.07 Å². The molecule has 0 aliphatic rings. The lowest BCUT2D eigenvalue weighted by molar-refractivity contribution is -0.141. The second-order valence-corrected chi connectivity index (χ2v) is 7.98. The van der Waals surface area contributed by atoms with Crippen LogP contribution < -0.4 is 33.2 Å². The Kier molecular flexibility index (Phi) is 12.5. The van der Waals surface area contributed by atoms with E-state index in [0.29, 0.717) is 6.42 Å². The monoisotopic (exact) mass is 495 g/mol. The van der Waals surface area contributed by atoms with Gasteiger partial charge < -0.3 is 38.3 Å². The molecular formula is C21H33N7O5S. The number of nitrogens with two attached hydrogens (primary N) is 3. The van der Waals surface area contributed by atoms with Gasteiger partial charge in [-0.05, 0) is 25.3 Å². The first kappa shape index (κ1) is 28.7. The van der Waals surface area contributed by atoms with Crippen molar-refractivity contribution >= 4 is 42.3 Å². The summed E-state index contributed by atoms with van der Waals surface area (Å²) in [6, 6.07) is 4.76. The summed E-state index contributed by atoms with van der Waals surface area (Å²) in [6.07, 6.45) is 0.604. The van der Waals surface area contributed by atoms with E-state index in [1.54, 1.807) is 24.3 Å². The molecule has 12 nitrogen and oxygen atoms in total. The quantitative estimate of drug-likeness (QED) is 0.0629. The van der Waals surface area contributed by atoms with E-state index in [0.717, 1.165) is 5.56 Å². The van der Waals surface area contributed by atoms with Crippen molar-refractivity contribution in [1.82, 2.24) is 16.0 Å². The molecule has 0 radical (unpaired) electrons. The van der Waals surface area contributed by atoms with Gasteiger partial charge >= 0.3 is 5.97 Å². The van der Waals surface area contributed by atoms with Crippen LogP contribution in [0.1, 0.15) is 25.3 Å². The Morgan fingerprint density at radius 1 is 1.00 bits per heavy atom. The summed E-state index contributed by atoms with van der Waals surface area (Å²) >= 11 is 4.01. The number of benzene rings is 1. The summed E-state index contributed by atoms with van der Waals surface area (Å²) < 4.78 is 0. The molecule has 0 aromatic heterocycles. The van der Waals surface area contributed by atoms with Crippen molar-refractivity contribution in [2.75, 3.05) is 12.3 Å². The Labute approximate surface area is 203 Å². The van der Waals surface area contributed by atoms with Gasteiger partial charge in [-0.1, -0.05) is 30.3 Å². The minimum atomic E-state index is -1.23. The summed E-state index contributed by atoms with van der Waals surface area (Å²) in [7, 11) is 0. The Bertz CT molecular complexity index is 864. The molecule has 3 amide bonds. The van der Waals surface area contributed by atoms with E-state index >= 15 is 0 Å². The normalized spacial score (nSPS) is 14.1. The zero-order valence-corrected chi connectivity index (χ0v) is 19.8. The Hall–Kier alpha value is -3.32. The zero-order valence-electron chi connectivity index (χ0n) is 18.9. The van der Waals surface area contributed by atoms with Gasteiger partial charge in [0.05, 0.1) is 6.04 Å². The van der Waals surface area contributed by atoms with Gasteiger partial charge in [-0.2, -0.15) is 12.6 Å². The Balaban J connectivity index is 3.04. The molecule has 1 aromatic rings. The van der Waals surface area contributed by atoms with Crippen LogP contribution in [-0.2, 0) is 25.6 Å². The van der Waals surface area contributed by atoms with Gasteiger partial charge in [0.1, 0.15) is 18.1 Å². The summed E-state index contributed by atoms with van der Waals surface area (Å²) in [5.41, 5.74) is 17.1. The van der Waals surface area contributed by atoms with Crippen LogP contribution in [0.5, 0.6) is 0 Å². The highest BCUT2D eigenvalue weighted by atomic mass is 32.1. The molecule has 4 atom stereocenters. The van der Waals surface area contributed by atoms with Crippen molar-refractivity contribution in [2.45, 2.75) is 50.4 Å². The number of carboxylic acid groups (broad SMARTS) is 1. The summed E-state index contributed by atoms with van der Waals surface area (Å²) in [4.78, 5) is 53.1. The Morgan fingerprint density at radius 2 is 1.59 bits per heavy atom. The van der Waals surface area contributed by atoms with Crippen molar-refractivity contribution in [3.8, 4) is 0 Å². The molecule has 10 N–H and O–H groups in total. The van der Waals surface area contributed by atoms with E-state index in [4.69, 9.17) is 22.3 Å². The number of amides is 3. The number of aliphatic imine (C=N–C) groups is 1. The third-order valence-corrected chi connectivity index (χ3v) is 5.15. The molecule has 0 saturated carbocycles. The van der Waals surface area contributed by atoms with Crippen LogP contribution >= 0.6 is 12.6 Å². The molecule has 0 saturated heterocycles. The molecule has 0 bridgehead atoms. The molecule has 0 fully saturated rings. The minimum absolute atomic E-state index is 0.0778. The zero-order chi connectivity index (χ0) is 25.7. The van der Waals surface area contributed by atoms with E-state index in [-0.39, 0.29) is 31.1 Å². The van der Waals surface area contributed by atoms with Gasteiger partial charge in [0.2, 0.25) is 17.7 Å². The first-order valence-corrected chi connectivity index (χ1v) is 11.3. The maximum absolute atomic E-state index is 13.1.